The first kappa shape index (κ1) is 15.4. The monoisotopic (exact) mass is 324 g/mol. The van der Waals surface area contributed by atoms with E-state index in [1.165, 1.54) is 0 Å². The standard InChI is InChI=1S/C17H21ClO2S/c1-12-10-14(18)2-3-15(12)16(19)13-4-7-20-17(11-13)5-8-21-9-6-17/h2-3,10,13H,4-9,11H2,1H3. The van der Waals surface area contributed by atoms with E-state index < -0.39 is 0 Å². The van der Waals surface area contributed by atoms with Crippen LogP contribution in [0.15, 0.2) is 18.2 Å². The molecule has 0 aromatic heterocycles. The molecule has 2 fully saturated rings. The minimum Gasteiger partial charge on any atom is -0.375 e. The number of hydrogen-bond acceptors (Lipinski definition) is 3. The highest BCUT2D eigenvalue weighted by atomic mass is 35.5. The Labute approximate surface area is 135 Å². The number of aryl methyl sites for hydroxylation is 1. The van der Waals surface area contributed by atoms with Crippen LogP contribution in [0.25, 0.3) is 0 Å². The van der Waals surface area contributed by atoms with Crippen molar-refractivity contribution in [2.45, 2.75) is 38.2 Å². The van der Waals surface area contributed by atoms with Crippen LogP contribution >= 0.6 is 23.4 Å². The molecular formula is C17H21ClO2S. The molecule has 0 bridgehead atoms. The van der Waals surface area contributed by atoms with Gasteiger partial charge in [-0.05, 0) is 67.9 Å². The number of thioether (sulfide) groups is 1. The average Bonchev–Trinajstić information content (AvgIpc) is 2.47. The van der Waals surface area contributed by atoms with Crippen LogP contribution in [0.5, 0.6) is 0 Å². The second-order valence-electron chi connectivity index (χ2n) is 6.16. The van der Waals surface area contributed by atoms with Crippen molar-refractivity contribution in [1.82, 2.24) is 0 Å². The highest BCUT2D eigenvalue weighted by molar-refractivity contribution is 7.99. The van der Waals surface area contributed by atoms with Crippen LogP contribution in [0.4, 0.5) is 0 Å². The van der Waals surface area contributed by atoms with Gasteiger partial charge in [-0.3, -0.25) is 4.79 Å². The Balaban J connectivity index is 1.77. The molecule has 114 valence electrons. The molecule has 2 saturated heterocycles. The fourth-order valence-electron chi connectivity index (χ4n) is 3.47. The molecule has 2 heterocycles. The Kier molecular flexibility index (Phi) is 4.63. The van der Waals surface area contributed by atoms with Crippen molar-refractivity contribution in [2.24, 2.45) is 5.92 Å². The Bertz CT molecular complexity index is 532. The highest BCUT2D eigenvalue weighted by Gasteiger charge is 2.41. The fraction of sp³-hybridized carbons (Fsp3) is 0.588. The maximum absolute atomic E-state index is 12.9. The molecule has 4 heteroatoms. The molecule has 1 atom stereocenters. The lowest BCUT2D eigenvalue weighted by molar-refractivity contribution is -0.0959. The van der Waals surface area contributed by atoms with E-state index in [4.69, 9.17) is 16.3 Å². The van der Waals surface area contributed by atoms with Gasteiger partial charge in [-0.2, -0.15) is 11.8 Å². The Morgan fingerprint density at radius 1 is 1.38 bits per heavy atom. The van der Waals surface area contributed by atoms with E-state index in [1.807, 2.05) is 36.9 Å². The topological polar surface area (TPSA) is 26.3 Å². The Morgan fingerprint density at radius 2 is 2.14 bits per heavy atom. The number of carbonyl (C=O) groups excluding carboxylic acids is 1. The summed E-state index contributed by atoms with van der Waals surface area (Å²) in [5.74, 6) is 2.67. The molecule has 1 aromatic carbocycles. The van der Waals surface area contributed by atoms with Crippen molar-refractivity contribution in [2.75, 3.05) is 18.1 Å². The molecule has 1 aromatic rings. The van der Waals surface area contributed by atoms with Gasteiger partial charge >= 0.3 is 0 Å². The minimum absolute atomic E-state index is 0.0375. The molecule has 0 saturated carbocycles. The molecule has 2 nitrogen and oxygen atoms in total. The fourth-order valence-corrected chi connectivity index (χ4v) is 4.93. The summed E-state index contributed by atoms with van der Waals surface area (Å²) in [6.07, 6.45) is 3.90. The lowest BCUT2D eigenvalue weighted by Crippen LogP contribution is -2.44. The Morgan fingerprint density at radius 3 is 2.86 bits per heavy atom. The minimum atomic E-state index is -0.0375. The normalized spacial score (nSPS) is 25.0. The maximum Gasteiger partial charge on any atom is 0.166 e. The largest absolute Gasteiger partial charge is 0.375 e. The summed E-state index contributed by atoms with van der Waals surface area (Å²) < 4.78 is 6.09. The van der Waals surface area contributed by atoms with Crippen molar-refractivity contribution in [3.8, 4) is 0 Å². The van der Waals surface area contributed by atoms with Gasteiger partial charge in [-0.15, -0.1) is 0 Å². The molecule has 2 aliphatic rings. The van der Waals surface area contributed by atoms with Crippen molar-refractivity contribution in [1.29, 1.82) is 0 Å². The van der Waals surface area contributed by atoms with Crippen molar-refractivity contribution in [3.63, 3.8) is 0 Å². The van der Waals surface area contributed by atoms with Gasteiger partial charge in [0.2, 0.25) is 0 Å². The summed E-state index contributed by atoms with van der Waals surface area (Å²) in [4.78, 5) is 12.9. The smallest absolute Gasteiger partial charge is 0.166 e. The van der Waals surface area contributed by atoms with E-state index in [0.29, 0.717) is 11.6 Å². The summed E-state index contributed by atoms with van der Waals surface area (Å²) in [6, 6.07) is 5.56. The summed E-state index contributed by atoms with van der Waals surface area (Å²) in [5, 5.41) is 0.691. The first-order chi connectivity index (χ1) is 10.1. The van der Waals surface area contributed by atoms with Crippen LogP contribution < -0.4 is 0 Å². The zero-order valence-corrected chi connectivity index (χ0v) is 13.9. The molecule has 0 radical (unpaired) electrons. The number of rotatable bonds is 2. The van der Waals surface area contributed by atoms with Crippen molar-refractivity contribution >= 4 is 29.1 Å². The van der Waals surface area contributed by atoms with Gasteiger partial charge in [0, 0.05) is 23.1 Å². The first-order valence-corrected chi connectivity index (χ1v) is 9.15. The van der Waals surface area contributed by atoms with Gasteiger partial charge < -0.3 is 4.74 Å². The maximum atomic E-state index is 12.9. The van der Waals surface area contributed by atoms with E-state index in [0.717, 1.165) is 48.3 Å². The number of Topliss-reactive ketones (excluding diaryl/α,β-unsaturated/α-hetero) is 1. The molecule has 0 amide bonds. The predicted molar refractivity (Wildman–Crippen MR) is 88.5 cm³/mol. The van der Waals surface area contributed by atoms with Gasteiger partial charge in [0.25, 0.3) is 0 Å². The molecular weight excluding hydrogens is 304 g/mol. The van der Waals surface area contributed by atoms with Crippen LogP contribution in [-0.4, -0.2) is 29.5 Å². The number of hydrogen-bond donors (Lipinski definition) is 0. The molecule has 1 unspecified atom stereocenters. The van der Waals surface area contributed by atoms with Gasteiger partial charge in [0.1, 0.15) is 0 Å². The lowest BCUT2D eigenvalue weighted by Gasteiger charge is -2.43. The zero-order chi connectivity index (χ0) is 14.9. The van der Waals surface area contributed by atoms with E-state index in [-0.39, 0.29) is 17.3 Å². The molecule has 2 aliphatic heterocycles. The van der Waals surface area contributed by atoms with Crippen LogP contribution in [0.1, 0.15) is 41.6 Å². The van der Waals surface area contributed by atoms with Crippen LogP contribution in [0.3, 0.4) is 0 Å². The number of halogens is 1. The van der Waals surface area contributed by atoms with E-state index in [2.05, 4.69) is 0 Å². The quantitative estimate of drug-likeness (QED) is 0.748. The predicted octanol–water partition coefficient (Wildman–Crippen LogP) is 4.52. The van der Waals surface area contributed by atoms with Crippen molar-refractivity contribution in [3.05, 3.63) is 34.3 Å². The number of benzene rings is 1. The number of carbonyl (C=O) groups is 1. The highest BCUT2D eigenvalue weighted by Crippen LogP contribution is 2.40. The van der Waals surface area contributed by atoms with Gasteiger partial charge in [-0.25, -0.2) is 0 Å². The first-order valence-electron chi connectivity index (χ1n) is 7.62. The SMILES string of the molecule is Cc1cc(Cl)ccc1C(=O)C1CCOC2(CCSCC2)C1. The Hall–Kier alpha value is -0.510. The lowest BCUT2D eigenvalue weighted by atomic mass is 9.78. The third-order valence-electron chi connectivity index (χ3n) is 4.72. The second-order valence-corrected chi connectivity index (χ2v) is 7.82. The molecule has 3 rings (SSSR count). The van der Waals surface area contributed by atoms with Crippen LogP contribution in [-0.2, 0) is 4.74 Å². The van der Waals surface area contributed by atoms with Gasteiger partial charge in [-0.1, -0.05) is 11.6 Å². The number of ether oxygens (including phenoxy) is 1. The number of ketones is 1. The van der Waals surface area contributed by atoms with E-state index in [9.17, 15) is 4.79 Å². The van der Waals surface area contributed by atoms with Gasteiger partial charge in [0.15, 0.2) is 5.78 Å². The average molecular weight is 325 g/mol. The summed E-state index contributed by atoms with van der Waals surface area (Å²) in [5.41, 5.74) is 1.77. The summed E-state index contributed by atoms with van der Waals surface area (Å²) in [6.45, 7) is 2.68. The van der Waals surface area contributed by atoms with Gasteiger partial charge in [0.05, 0.1) is 5.60 Å². The molecule has 21 heavy (non-hydrogen) atoms. The zero-order valence-electron chi connectivity index (χ0n) is 12.4. The second kappa shape index (κ2) is 6.31. The third-order valence-corrected chi connectivity index (χ3v) is 5.94. The summed E-state index contributed by atoms with van der Waals surface area (Å²) >= 11 is 7.98. The third kappa shape index (κ3) is 3.30. The van der Waals surface area contributed by atoms with Crippen LogP contribution in [0, 0.1) is 12.8 Å². The summed E-state index contributed by atoms with van der Waals surface area (Å²) in [7, 11) is 0. The van der Waals surface area contributed by atoms with E-state index >= 15 is 0 Å². The van der Waals surface area contributed by atoms with Crippen molar-refractivity contribution < 1.29 is 9.53 Å². The molecule has 0 N–H and O–H groups in total. The molecule has 0 aliphatic carbocycles. The van der Waals surface area contributed by atoms with E-state index in [1.54, 1.807) is 0 Å². The van der Waals surface area contributed by atoms with Crippen LogP contribution in [0.2, 0.25) is 5.02 Å². The molecule has 1 spiro atoms.